The fourth-order valence-corrected chi connectivity index (χ4v) is 3.41. The zero-order chi connectivity index (χ0) is 20.9. The Morgan fingerprint density at radius 1 is 0.966 bits per heavy atom. The molecule has 3 aromatic rings. The average molecular weight is 413 g/mol. The van der Waals surface area contributed by atoms with Crippen molar-refractivity contribution in [2.45, 2.75) is 4.90 Å². The molecule has 0 bridgehead atoms. The summed E-state index contributed by atoms with van der Waals surface area (Å²) in [4.78, 5) is 26.4. The first-order valence-electron chi connectivity index (χ1n) is 8.19. The van der Waals surface area contributed by atoms with E-state index >= 15 is 0 Å². The number of rotatable bonds is 7. The summed E-state index contributed by atoms with van der Waals surface area (Å²) in [5.41, 5.74) is 5.28. The van der Waals surface area contributed by atoms with E-state index < -0.39 is 20.9 Å². The third-order valence-corrected chi connectivity index (χ3v) is 5.17. The lowest BCUT2D eigenvalue weighted by atomic mass is 10.2. The molecular formula is C18H15N5O5S. The number of nitrogens with one attached hydrogen (secondary N) is 3. The van der Waals surface area contributed by atoms with Crippen molar-refractivity contribution in [3.63, 3.8) is 0 Å². The summed E-state index contributed by atoms with van der Waals surface area (Å²) in [5.74, 6) is -0.589. The molecule has 1 aromatic heterocycles. The summed E-state index contributed by atoms with van der Waals surface area (Å²) in [6.07, 6.45) is 2.91. The van der Waals surface area contributed by atoms with Gasteiger partial charge in [0.05, 0.1) is 15.5 Å². The van der Waals surface area contributed by atoms with Crippen LogP contribution in [0, 0.1) is 10.1 Å². The molecule has 3 rings (SSSR count). The summed E-state index contributed by atoms with van der Waals surface area (Å²) < 4.78 is 27.2. The highest BCUT2D eigenvalue weighted by molar-refractivity contribution is 7.92. The van der Waals surface area contributed by atoms with E-state index in [0.29, 0.717) is 5.69 Å². The largest absolute Gasteiger partial charge is 0.294 e. The lowest BCUT2D eigenvalue weighted by Crippen LogP contribution is -2.29. The number of amides is 1. The van der Waals surface area contributed by atoms with E-state index in [1.165, 1.54) is 67.0 Å². The third kappa shape index (κ3) is 4.84. The van der Waals surface area contributed by atoms with Crippen LogP contribution in [0.1, 0.15) is 10.4 Å². The molecule has 0 aliphatic rings. The fraction of sp³-hybridized carbons (Fsp3) is 0. The van der Waals surface area contributed by atoms with Gasteiger partial charge >= 0.3 is 0 Å². The Balaban J connectivity index is 1.68. The maximum absolute atomic E-state index is 12.4. The Bertz CT molecular complexity index is 1130. The van der Waals surface area contributed by atoms with Gasteiger partial charge < -0.3 is 0 Å². The van der Waals surface area contributed by atoms with E-state index in [9.17, 15) is 23.3 Å². The Kier molecular flexibility index (Phi) is 5.69. The molecule has 2 aromatic carbocycles. The topological polar surface area (TPSA) is 143 Å². The molecule has 10 nitrogen and oxygen atoms in total. The van der Waals surface area contributed by atoms with Crippen molar-refractivity contribution < 1.29 is 18.1 Å². The molecule has 0 fully saturated rings. The van der Waals surface area contributed by atoms with Gasteiger partial charge in [0.2, 0.25) is 0 Å². The Morgan fingerprint density at radius 2 is 1.62 bits per heavy atom. The predicted molar refractivity (Wildman–Crippen MR) is 106 cm³/mol. The van der Waals surface area contributed by atoms with Crippen LogP contribution in [-0.2, 0) is 10.0 Å². The van der Waals surface area contributed by atoms with Crippen molar-refractivity contribution in [3.8, 4) is 0 Å². The van der Waals surface area contributed by atoms with Crippen molar-refractivity contribution in [1.29, 1.82) is 0 Å². The van der Waals surface area contributed by atoms with Crippen LogP contribution in [-0.4, -0.2) is 24.2 Å². The lowest BCUT2D eigenvalue weighted by Gasteiger charge is -2.10. The van der Waals surface area contributed by atoms with Gasteiger partial charge in [-0.2, -0.15) is 0 Å². The molecule has 0 saturated carbocycles. The number of pyridine rings is 1. The molecule has 11 heteroatoms. The maximum Gasteiger partial charge on any atom is 0.294 e. The molecule has 0 aliphatic carbocycles. The quantitative estimate of drug-likeness (QED) is 0.399. The number of benzene rings is 2. The molecule has 3 N–H and O–H groups in total. The number of nitro benzene ring substituents is 1. The average Bonchev–Trinajstić information content (AvgIpc) is 2.72. The molecule has 0 radical (unpaired) electrons. The second-order valence-electron chi connectivity index (χ2n) is 5.72. The lowest BCUT2D eigenvalue weighted by molar-refractivity contribution is -0.384. The van der Waals surface area contributed by atoms with E-state index in [2.05, 4.69) is 20.6 Å². The van der Waals surface area contributed by atoms with Gasteiger partial charge in [-0.1, -0.05) is 12.1 Å². The number of nitrogens with zero attached hydrogens (tertiary/aromatic N) is 2. The maximum atomic E-state index is 12.4. The number of aromatic nitrogens is 1. The van der Waals surface area contributed by atoms with Crippen LogP contribution in [0.5, 0.6) is 0 Å². The Hall–Kier alpha value is -3.99. The molecule has 0 aliphatic heterocycles. The molecule has 1 heterocycles. The van der Waals surface area contributed by atoms with Crippen LogP contribution in [0.3, 0.4) is 0 Å². The van der Waals surface area contributed by atoms with Gasteiger partial charge in [-0.25, -0.2) is 8.42 Å². The number of para-hydroxylation sites is 2. The first kappa shape index (κ1) is 19.8. The number of carbonyl (C=O) groups is 1. The summed E-state index contributed by atoms with van der Waals surface area (Å²) in [6, 6.07) is 14.1. The van der Waals surface area contributed by atoms with Crippen molar-refractivity contribution in [3.05, 3.63) is 88.7 Å². The highest BCUT2D eigenvalue weighted by Crippen LogP contribution is 2.22. The molecule has 0 spiro atoms. The first-order valence-corrected chi connectivity index (χ1v) is 9.68. The summed E-state index contributed by atoms with van der Waals surface area (Å²) in [6.45, 7) is 0. The third-order valence-electron chi connectivity index (χ3n) is 3.77. The molecule has 0 atom stereocenters. The zero-order valence-corrected chi connectivity index (χ0v) is 15.6. The molecule has 0 unspecified atom stereocenters. The van der Waals surface area contributed by atoms with Gasteiger partial charge in [0.1, 0.15) is 5.69 Å². The standard InChI is InChI=1S/C18H15N5O5S/c24-18(21-20-16-3-1-2-4-17(16)23(25)26)13-5-7-15(8-6-13)29(27,28)22-14-9-11-19-12-10-14/h1-12,20H,(H,19,22)(H,21,24). The minimum atomic E-state index is -3.83. The van der Waals surface area contributed by atoms with E-state index in [1.54, 1.807) is 6.07 Å². The number of carbonyl (C=O) groups excluding carboxylic acids is 1. The highest BCUT2D eigenvalue weighted by atomic mass is 32.2. The number of hydrogen-bond acceptors (Lipinski definition) is 7. The van der Waals surface area contributed by atoms with Gasteiger partial charge in [0.15, 0.2) is 0 Å². The number of hydrazine groups is 1. The fourth-order valence-electron chi connectivity index (χ4n) is 2.35. The normalized spacial score (nSPS) is 10.8. The van der Waals surface area contributed by atoms with Crippen LogP contribution in [0.15, 0.2) is 78.0 Å². The van der Waals surface area contributed by atoms with Gasteiger partial charge in [0.25, 0.3) is 21.6 Å². The smallest absolute Gasteiger partial charge is 0.292 e. The second-order valence-corrected chi connectivity index (χ2v) is 7.40. The molecule has 148 valence electrons. The zero-order valence-electron chi connectivity index (χ0n) is 14.8. The van der Waals surface area contributed by atoms with Crippen LogP contribution < -0.4 is 15.6 Å². The Morgan fingerprint density at radius 3 is 2.28 bits per heavy atom. The highest BCUT2D eigenvalue weighted by Gasteiger charge is 2.16. The van der Waals surface area contributed by atoms with Crippen molar-refractivity contribution in [2.75, 3.05) is 10.1 Å². The SMILES string of the molecule is O=C(NNc1ccccc1[N+](=O)[O-])c1ccc(S(=O)(=O)Nc2ccncc2)cc1. The van der Waals surface area contributed by atoms with E-state index in [4.69, 9.17) is 0 Å². The summed E-state index contributed by atoms with van der Waals surface area (Å²) in [7, 11) is -3.83. The monoisotopic (exact) mass is 413 g/mol. The summed E-state index contributed by atoms with van der Waals surface area (Å²) >= 11 is 0. The van der Waals surface area contributed by atoms with Crippen LogP contribution in [0.4, 0.5) is 17.1 Å². The number of sulfonamides is 1. The molecule has 0 saturated heterocycles. The van der Waals surface area contributed by atoms with Gasteiger partial charge in [0, 0.05) is 24.0 Å². The second kappa shape index (κ2) is 8.35. The first-order chi connectivity index (χ1) is 13.9. The van der Waals surface area contributed by atoms with Gasteiger partial charge in [-0.3, -0.25) is 35.5 Å². The van der Waals surface area contributed by atoms with E-state index in [0.717, 1.165) is 0 Å². The van der Waals surface area contributed by atoms with Gasteiger partial charge in [-0.05, 0) is 42.5 Å². The summed E-state index contributed by atoms with van der Waals surface area (Å²) in [5, 5.41) is 11.0. The minimum absolute atomic E-state index is 0.0301. The minimum Gasteiger partial charge on any atom is -0.292 e. The van der Waals surface area contributed by atoms with Gasteiger partial charge in [-0.15, -0.1) is 0 Å². The van der Waals surface area contributed by atoms with Crippen LogP contribution in [0.25, 0.3) is 0 Å². The number of anilines is 2. The molecular weight excluding hydrogens is 398 g/mol. The molecule has 1 amide bonds. The number of hydrogen-bond donors (Lipinski definition) is 3. The predicted octanol–water partition coefficient (Wildman–Crippen LogP) is 2.55. The number of nitro groups is 1. The molecule has 29 heavy (non-hydrogen) atoms. The van der Waals surface area contributed by atoms with E-state index in [1.807, 2.05) is 0 Å². The van der Waals surface area contributed by atoms with Crippen LogP contribution in [0.2, 0.25) is 0 Å². The van der Waals surface area contributed by atoms with Crippen molar-refractivity contribution in [2.24, 2.45) is 0 Å². The van der Waals surface area contributed by atoms with E-state index in [-0.39, 0.29) is 21.8 Å². The Labute approximate surface area is 165 Å². The van der Waals surface area contributed by atoms with Crippen molar-refractivity contribution >= 4 is 33.0 Å². The van der Waals surface area contributed by atoms with Crippen LogP contribution >= 0.6 is 0 Å². The van der Waals surface area contributed by atoms with Crippen molar-refractivity contribution in [1.82, 2.24) is 10.4 Å².